The van der Waals surface area contributed by atoms with Crippen LogP contribution in [0.15, 0.2) is 81.8 Å². The summed E-state index contributed by atoms with van der Waals surface area (Å²) in [4.78, 5) is 16.9. The highest BCUT2D eigenvalue weighted by atomic mass is 32.2. The van der Waals surface area contributed by atoms with Crippen molar-refractivity contribution in [2.45, 2.75) is 5.22 Å². The van der Waals surface area contributed by atoms with E-state index in [0.29, 0.717) is 16.2 Å². The van der Waals surface area contributed by atoms with E-state index in [2.05, 4.69) is 26.6 Å². The van der Waals surface area contributed by atoms with Gasteiger partial charge in [-0.1, -0.05) is 54.2 Å². The number of amides is 1. The number of nitrogens with zero attached hydrogens (tertiary/aromatic N) is 3. The van der Waals surface area contributed by atoms with E-state index in [9.17, 15) is 4.79 Å². The molecule has 0 unspecified atom stereocenters. The predicted molar refractivity (Wildman–Crippen MR) is 131 cm³/mol. The summed E-state index contributed by atoms with van der Waals surface area (Å²) in [6.07, 6.45) is 0. The van der Waals surface area contributed by atoms with Crippen LogP contribution in [0.3, 0.4) is 0 Å². The molecule has 5 aromatic rings. The zero-order chi connectivity index (χ0) is 22.6. The van der Waals surface area contributed by atoms with E-state index in [1.165, 1.54) is 23.1 Å². The molecule has 0 spiro atoms. The van der Waals surface area contributed by atoms with Gasteiger partial charge in [-0.2, -0.15) is 0 Å². The van der Waals surface area contributed by atoms with E-state index in [1.54, 1.807) is 7.11 Å². The van der Waals surface area contributed by atoms with Crippen LogP contribution in [0.2, 0.25) is 0 Å². The Kier molecular flexibility index (Phi) is 6.05. The van der Waals surface area contributed by atoms with Crippen molar-refractivity contribution in [2.75, 3.05) is 18.2 Å². The molecule has 9 heteroatoms. The zero-order valence-electron chi connectivity index (χ0n) is 17.5. The lowest BCUT2D eigenvalue weighted by atomic mass is 10.1. The van der Waals surface area contributed by atoms with Gasteiger partial charge in [-0.05, 0) is 35.0 Å². The Morgan fingerprint density at radius 3 is 2.76 bits per heavy atom. The highest BCUT2D eigenvalue weighted by molar-refractivity contribution is 7.99. The molecular weight excluding hydrogens is 456 g/mol. The molecule has 0 saturated carbocycles. The maximum Gasteiger partial charge on any atom is 0.277 e. The van der Waals surface area contributed by atoms with E-state index >= 15 is 0 Å². The van der Waals surface area contributed by atoms with Crippen molar-refractivity contribution in [3.05, 3.63) is 72.1 Å². The van der Waals surface area contributed by atoms with Crippen LogP contribution in [0.5, 0.6) is 5.75 Å². The number of methoxy groups -OCH3 is 1. The Balaban J connectivity index is 1.21. The van der Waals surface area contributed by atoms with Gasteiger partial charge in [0.1, 0.15) is 5.75 Å². The number of aromatic nitrogens is 3. The molecule has 3 aromatic carbocycles. The summed E-state index contributed by atoms with van der Waals surface area (Å²) in [7, 11) is 1.62. The zero-order valence-corrected chi connectivity index (χ0v) is 19.2. The molecule has 1 N–H and O–H groups in total. The molecule has 7 nitrogen and oxygen atoms in total. The molecule has 2 aromatic heterocycles. The third-order valence-corrected chi connectivity index (χ3v) is 6.44. The number of thiazole rings is 1. The van der Waals surface area contributed by atoms with E-state index in [1.807, 2.05) is 66.0 Å². The number of carbonyl (C=O) groups excluding carboxylic acids is 1. The van der Waals surface area contributed by atoms with E-state index in [0.717, 1.165) is 33.3 Å². The summed E-state index contributed by atoms with van der Waals surface area (Å²) < 4.78 is 11.1. The van der Waals surface area contributed by atoms with Gasteiger partial charge in [-0.3, -0.25) is 4.79 Å². The second-order valence-corrected chi connectivity index (χ2v) is 8.79. The van der Waals surface area contributed by atoms with Crippen molar-refractivity contribution >= 4 is 44.9 Å². The fraction of sp³-hybridized carbons (Fsp3) is 0.0833. The number of hydrogen-bond acceptors (Lipinski definition) is 8. The highest BCUT2D eigenvalue weighted by Crippen LogP contribution is 2.32. The lowest BCUT2D eigenvalue weighted by Gasteiger charge is -2.05. The first kappa shape index (κ1) is 21.2. The molecule has 0 aliphatic rings. The van der Waals surface area contributed by atoms with Crippen LogP contribution in [0, 0.1) is 0 Å². The van der Waals surface area contributed by atoms with Crippen LogP contribution in [0.1, 0.15) is 0 Å². The number of anilines is 1. The van der Waals surface area contributed by atoms with Crippen LogP contribution in [-0.4, -0.2) is 34.0 Å². The lowest BCUT2D eigenvalue weighted by Crippen LogP contribution is -2.13. The van der Waals surface area contributed by atoms with Gasteiger partial charge in [0.15, 0.2) is 5.13 Å². The number of benzene rings is 3. The van der Waals surface area contributed by atoms with Crippen molar-refractivity contribution in [3.63, 3.8) is 0 Å². The summed E-state index contributed by atoms with van der Waals surface area (Å²) in [6.45, 7) is 0. The quantitative estimate of drug-likeness (QED) is 0.300. The maximum atomic E-state index is 12.4. The normalized spacial score (nSPS) is 10.9. The summed E-state index contributed by atoms with van der Waals surface area (Å²) >= 11 is 2.54. The van der Waals surface area contributed by atoms with Gasteiger partial charge in [0.25, 0.3) is 5.22 Å². The summed E-state index contributed by atoms with van der Waals surface area (Å²) in [5, 5.41) is 16.0. The molecule has 0 aliphatic carbocycles. The maximum absolute atomic E-state index is 12.4. The molecule has 2 heterocycles. The Labute approximate surface area is 197 Å². The van der Waals surface area contributed by atoms with Crippen molar-refractivity contribution in [3.8, 4) is 28.5 Å². The molecule has 0 radical (unpaired) electrons. The number of rotatable bonds is 7. The largest absolute Gasteiger partial charge is 0.496 e. The minimum absolute atomic E-state index is 0.128. The van der Waals surface area contributed by atoms with Crippen molar-refractivity contribution in [2.24, 2.45) is 0 Å². The number of ether oxygens (including phenoxy) is 1. The van der Waals surface area contributed by atoms with Gasteiger partial charge < -0.3 is 14.5 Å². The minimum atomic E-state index is -0.202. The monoisotopic (exact) mass is 474 g/mol. The fourth-order valence-electron chi connectivity index (χ4n) is 3.30. The first-order valence-corrected chi connectivity index (χ1v) is 11.9. The molecule has 0 aliphatic heterocycles. The van der Waals surface area contributed by atoms with Crippen LogP contribution in [0.4, 0.5) is 5.13 Å². The number of nitrogens with one attached hydrogen (secondary N) is 1. The smallest absolute Gasteiger partial charge is 0.277 e. The van der Waals surface area contributed by atoms with Gasteiger partial charge in [-0.25, -0.2) is 4.98 Å². The van der Waals surface area contributed by atoms with Crippen LogP contribution >= 0.6 is 23.1 Å². The average Bonchev–Trinajstić information content (AvgIpc) is 3.52. The summed E-state index contributed by atoms with van der Waals surface area (Å²) in [5.74, 6) is 1.08. The van der Waals surface area contributed by atoms with E-state index in [4.69, 9.17) is 9.15 Å². The van der Waals surface area contributed by atoms with Crippen LogP contribution in [-0.2, 0) is 4.79 Å². The molecule has 1 amide bonds. The second kappa shape index (κ2) is 9.43. The SMILES string of the molecule is COc1ccccc1-c1csc(NC(=O)CSc2nnc(-c3ccc4ccccc4c3)o2)n1. The molecular formula is C24H18N4O3S2. The third-order valence-electron chi connectivity index (χ3n) is 4.86. The van der Waals surface area contributed by atoms with E-state index < -0.39 is 0 Å². The first-order chi connectivity index (χ1) is 16.2. The summed E-state index contributed by atoms with van der Waals surface area (Å²) in [5.41, 5.74) is 2.46. The third kappa shape index (κ3) is 4.74. The van der Waals surface area contributed by atoms with Gasteiger partial charge in [-0.15, -0.1) is 21.5 Å². The topological polar surface area (TPSA) is 90.1 Å². The van der Waals surface area contributed by atoms with Gasteiger partial charge in [0, 0.05) is 16.5 Å². The predicted octanol–water partition coefficient (Wildman–Crippen LogP) is 5.75. The first-order valence-electron chi connectivity index (χ1n) is 10.0. The number of fused-ring (bicyclic) bond motifs is 1. The van der Waals surface area contributed by atoms with Crippen molar-refractivity contribution < 1.29 is 13.9 Å². The summed E-state index contributed by atoms with van der Waals surface area (Å²) in [6, 6.07) is 21.7. The Morgan fingerprint density at radius 1 is 1.06 bits per heavy atom. The Hall–Kier alpha value is -3.69. The van der Waals surface area contributed by atoms with E-state index in [-0.39, 0.29) is 11.7 Å². The highest BCUT2D eigenvalue weighted by Gasteiger charge is 2.14. The Bertz CT molecular complexity index is 1430. The van der Waals surface area contributed by atoms with Crippen LogP contribution < -0.4 is 10.1 Å². The molecule has 5 rings (SSSR count). The van der Waals surface area contributed by atoms with Crippen LogP contribution in [0.25, 0.3) is 33.5 Å². The fourth-order valence-corrected chi connectivity index (χ4v) is 4.59. The average molecular weight is 475 g/mol. The molecule has 0 bridgehead atoms. The van der Waals surface area contributed by atoms with Crippen molar-refractivity contribution in [1.29, 1.82) is 0 Å². The Morgan fingerprint density at radius 2 is 1.88 bits per heavy atom. The van der Waals surface area contributed by atoms with Gasteiger partial charge >= 0.3 is 0 Å². The van der Waals surface area contributed by atoms with Crippen molar-refractivity contribution in [1.82, 2.24) is 15.2 Å². The lowest BCUT2D eigenvalue weighted by molar-refractivity contribution is -0.113. The number of hydrogen-bond donors (Lipinski definition) is 1. The minimum Gasteiger partial charge on any atom is -0.496 e. The molecule has 164 valence electrons. The van der Waals surface area contributed by atoms with Gasteiger partial charge in [0.05, 0.1) is 18.6 Å². The molecule has 0 atom stereocenters. The van der Waals surface area contributed by atoms with Gasteiger partial charge in [0.2, 0.25) is 11.8 Å². The molecule has 0 saturated heterocycles. The number of para-hydroxylation sites is 1. The second-order valence-electron chi connectivity index (χ2n) is 7.01. The number of carbonyl (C=O) groups is 1. The molecule has 33 heavy (non-hydrogen) atoms. The number of thioether (sulfide) groups is 1. The standard InChI is InChI=1S/C24H18N4O3S2/c1-30-20-9-5-4-8-18(20)19-13-32-23(25-19)26-21(29)14-33-24-28-27-22(31-24)17-11-10-15-6-2-3-7-16(15)12-17/h2-13H,14H2,1H3,(H,25,26,29). The molecule has 0 fully saturated rings.